The number of rotatable bonds is 7. The lowest BCUT2D eigenvalue weighted by molar-refractivity contribution is -0.119. The van der Waals surface area contributed by atoms with Gasteiger partial charge in [-0.1, -0.05) is 38.1 Å². The Hall–Kier alpha value is -3.71. The number of ether oxygens (including phenoxy) is 1. The predicted molar refractivity (Wildman–Crippen MR) is 148 cm³/mol. The van der Waals surface area contributed by atoms with Gasteiger partial charge < -0.3 is 15.2 Å². The Balaban J connectivity index is 1.68. The standard InChI is InChI=1S/C26H28N4O7S2/c1-15(2)10-11-26(25-27-12-13-37-25)18-7-5-4-6-17(18)22(31)21(23(26)32)24-28-19-9-8-16(29-38(3,33)34)14-20(19)39(35,36)30-24/h4-9,14-15,29,31H,10-13H2,1-3H3,(H,28,30). The third kappa shape index (κ3) is 4.69. The summed E-state index contributed by atoms with van der Waals surface area (Å²) >= 11 is 0. The molecule has 0 radical (unpaired) electrons. The van der Waals surface area contributed by atoms with Crippen LogP contribution in [-0.2, 0) is 35.0 Å². The summed E-state index contributed by atoms with van der Waals surface area (Å²) in [6.45, 7) is 4.75. The number of ketones is 1. The number of amidine groups is 1. The van der Waals surface area contributed by atoms with Crippen LogP contribution >= 0.6 is 0 Å². The maximum absolute atomic E-state index is 14.5. The molecule has 0 fully saturated rings. The van der Waals surface area contributed by atoms with Crippen molar-refractivity contribution in [2.75, 3.05) is 29.4 Å². The van der Waals surface area contributed by atoms with Crippen LogP contribution in [0.2, 0.25) is 0 Å². The van der Waals surface area contributed by atoms with Crippen LogP contribution in [0.25, 0.3) is 5.76 Å². The van der Waals surface area contributed by atoms with Crippen molar-refractivity contribution < 1.29 is 31.5 Å². The molecule has 3 aliphatic rings. The summed E-state index contributed by atoms with van der Waals surface area (Å²) in [5.74, 6) is -0.841. The second-order valence-corrected chi connectivity index (χ2v) is 13.4. The highest BCUT2D eigenvalue weighted by Gasteiger charge is 2.54. The fourth-order valence-corrected chi connectivity index (χ4v) is 6.77. The van der Waals surface area contributed by atoms with Crippen molar-refractivity contribution in [2.45, 2.75) is 37.0 Å². The quantitative estimate of drug-likeness (QED) is 0.455. The van der Waals surface area contributed by atoms with Gasteiger partial charge in [0.05, 0.1) is 18.5 Å². The number of hydrogen-bond acceptors (Lipinski definition) is 9. The molecule has 1 unspecified atom stereocenters. The normalized spacial score (nSPS) is 21.9. The first-order valence-corrected chi connectivity index (χ1v) is 15.7. The zero-order chi connectivity index (χ0) is 28.2. The molecule has 2 heterocycles. The molecule has 11 nitrogen and oxygen atoms in total. The average molecular weight is 573 g/mol. The number of carbonyl (C=O) groups is 1. The second kappa shape index (κ2) is 9.49. The highest BCUT2D eigenvalue weighted by atomic mass is 32.2. The van der Waals surface area contributed by atoms with Crippen molar-refractivity contribution >= 4 is 54.7 Å². The van der Waals surface area contributed by atoms with Gasteiger partial charge in [0, 0.05) is 11.3 Å². The summed E-state index contributed by atoms with van der Waals surface area (Å²) in [5.41, 5.74) is -0.662. The number of Topliss-reactive ketones (excluding diaryl/α,β-unsaturated/α-hetero) is 1. The lowest BCUT2D eigenvalue weighted by atomic mass is 9.65. The van der Waals surface area contributed by atoms with Gasteiger partial charge in [0.1, 0.15) is 28.2 Å². The van der Waals surface area contributed by atoms with Crippen molar-refractivity contribution in [1.82, 2.24) is 0 Å². The van der Waals surface area contributed by atoms with E-state index in [1.807, 2.05) is 13.8 Å². The third-order valence-electron chi connectivity index (χ3n) is 6.80. The Labute approximate surface area is 226 Å². The summed E-state index contributed by atoms with van der Waals surface area (Å²) in [6, 6.07) is 10.8. The highest BCUT2D eigenvalue weighted by molar-refractivity contribution is 7.92. The molecule has 13 heteroatoms. The Morgan fingerprint density at radius 1 is 1.21 bits per heavy atom. The fraction of sp³-hybridized carbons (Fsp3) is 0.346. The van der Waals surface area contributed by atoms with E-state index in [2.05, 4.69) is 19.4 Å². The van der Waals surface area contributed by atoms with E-state index in [1.165, 1.54) is 12.1 Å². The van der Waals surface area contributed by atoms with Gasteiger partial charge in [-0.25, -0.2) is 8.42 Å². The van der Waals surface area contributed by atoms with Crippen molar-refractivity contribution in [3.8, 4) is 0 Å². The molecule has 2 aromatic rings. The van der Waals surface area contributed by atoms with Crippen LogP contribution < -0.4 is 10.0 Å². The number of anilines is 2. The monoisotopic (exact) mass is 572 g/mol. The van der Waals surface area contributed by atoms with E-state index in [0.29, 0.717) is 37.1 Å². The van der Waals surface area contributed by atoms with Crippen molar-refractivity contribution in [1.29, 1.82) is 0 Å². The number of nitrogens with one attached hydrogen (secondary N) is 2. The van der Waals surface area contributed by atoms with Crippen LogP contribution in [0.4, 0.5) is 11.4 Å². The van der Waals surface area contributed by atoms with Gasteiger partial charge in [-0.3, -0.25) is 14.5 Å². The van der Waals surface area contributed by atoms with Gasteiger partial charge in [-0.05, 0) is 42.5 Å². The predicted octanol–water partition coefficient (Wildman–Crippen LogP) is 3.23. The molecule has 2 aliphatic heterocycles. The number of carbonyl (C=O) groups excluding carboxylic acids is 1. The van der Waals surface area contributed by atoms with Gasteiger partial charge in [0.15, 0.2) is 11.6 Å². The number of hydrogen-bond donors (Lipinski definition) is 3. The zero-order valence-electron chi connectivity index (χ0n) is 21.6. The second-order valence-electron chi connectivity index (χ2n) is 10.1. The van der Waals surface area contributed by atoms with Gasteiger partial charge in [-0.2, -0.15) is 8.42 Å². The molecule has 1 atom stereocenters. The zero-order valence-corrected chi connectivity index (χ0v) is 23.2. The SMILES string of the molecule is CC(C)CCC1(C2=NCCO2)C(=O)C(C2=NS(=O)(=O)c3cc(NS(C)(=O)=O)ccc3N2)=C(O)c2ccccc21. The first-order valence-electron chi connectivity index (χ1n) is 12.3. The molecule has 5 rings (SSSR count). The van der Waals surface area contributed by atoms with E-state index in [1.54, 1.807) is 24.3 Å². The van der Waals surface area contributed by atoms with E-state index in [-0.39, 0.29) is 39.5 Å². The Kier molecular flexibility index (Phi) is 6.54. The number of fused-ring (bicyclic) bond motifs is 2. The summed E-state index contributed by atoms with van der Waals surface area (Å²) in [5, 5.41) is 14.2. The van der Waals surface area contributed by atoms with Gasteiger partial charge >= 0.3 is 0 Å². The molecule has 0 bridgehead atoms. The molecule has 3 N–H and O–H groups in total. The van der Waals surface area contributed by atoms with E-state index in [0.717, 1.165) is 12.3 Å². The first-order chi connectivity index (χ1) is 18.3. The number of sulfonamides is 2. The number of aliphatic hydroxyl groups is 1. The van der Waals surface area contributed by atoms with Gasteiger partial charge in [0.25, 0.3) is 10.0 Å². The molecule has 2 aromatic carbocycles. The van der Waals surface area contributed by atoms with Gasteiger partial charge in [-0.15, -0.1) is 4.40 Å². The molecular weight excluding hydrogens is 544 g/mol. The van der Waals surface area contributed by atoms with Crippen molar-refractivity contribution in [3.63, 3.8) is 0 Å². The molecule has 0 saturated heterocycles. The number of aliphatic hydroxyl groups excluding tert-OH is 1. The first kappa shape index (κ1) is 26.9. The molecule has 0 amide bonds. The minimum Gasteiger partial charge on any atom is -0.506 e. The molecule has 39 heavy (non-hydrogen) atoms. The van der Waals surface area contributed by atoms with Crippen LogP contribution in [0.3, 0.4) is 0 Å². The summed E-state index contributed by atoms with van der Waals surface area (Å²) in [6.07, 6.45) is 1.90. The Morgan fingerprint density at radius 2 is 1.95 bits per heavy atom. The van der Waals surface area contributed by atoms with E-state index in [4.69, 9.17) is 4.74 Å². The van der Waals surface area contributed by atoms with Crippen molar-refractivity contribution in [3.05, 3.63) is 59.2 Å². The minimum absolute atomic E-state index is 0.0362. The topological polar surface area (TPSA) is 164 Å². The maximum Gasteiger partial charge on any atom is 0.286 e. The Bertz CT molecular complexity index is 1690. The van der Waals surface area contributed by atoms with Crippen LogP contribution in [0, 0.1) is 5.92 Å². The number of nitrogens with zero attached hydrogens (tertiary/aromatic N) is 2. The molecule has 0 spiro atoms. The smallest absolute Gasteiger partial charge is 0.286 e. The van der Waals surface area contributed by atoms with Crippen molar-refractivity contribution in [2.24, 2.45) is 15.3 Å². The molecule has 0 aromatic heterocycles. The fourth-order valence-electron chi connectivity index (χ4n) is 5.07. The van der Waals surface area contributed by atoms with E-state index in [9.17, 15) is 26.7 Å². The minimum atomic E-state index is -4.39. The number of aliphatic imine (C=N–C) groups is 1. The Morgan fingerprint density at radius 3 is 2.62 bits per heavy atom. The summed E-state index contributed by atoms with van der Waals surface area (Å²) in [7, 11) is -8.05. The average Bonchev–Trinajstić information content (AvgIpc) is 3.39. The molecule has 206 valence electrons. The lowest BCUT2D eigenvalue weighted by Crippen LogP contribution is -2.50. The summed E-state index contributed by atoms with van der Waals surface area (Å²) in [4.78, 5) is 18.7. The van der Waals surface area contributed by atoms with Crippen LogP contribution in [0.15, 0.2) is 62.3 Å². The molecule has 1 aliphatic carbocycles. The largest absolute Gasteiger partial charge is 0.506 e. The van der Waals surface area contributed by atoms with E-state index >= 15 is 0 Å². The molecule has 0 saturated carbocycles. The van der Waals surface area contributed by atoms with Crippen LogP contribution in [0.5, 0.6) is 0 Å². The van der Waals surface area contributed by atoms with Crippen LogP contribution in [0.1, 0.15) is 37.8 Å². The maximum atomic E-state index is 14.5. The summed E-state index contributed by atoms with van der Waals surface area (Å²) < 4.78 is 61.8. The highest BCUT2D eigenvalue weighted by Crippen LogP contribution is 2.46. The molecular formula is C26H28N4O7S2. The number of benzene rings is 2. The van der Waals surface area contributed by atoms with E-state index < -0.39 is 37.0 Å². The third-order valence-corrected chi connectivity index (χ3v) is 8.73. The lowest BCUT2D eigenvalue weighted by Gasteiger charge is -2.38. The van der Waals surface area contributed by atoms with Gasteiger partial charge in [0.2, 0.25) is 15.9 Å². The van der Waals surface area contributed by atoms with Crippen LogP contribution in [-0.4, -0.2) is 58.9 Å².